The van der Waals surface area contributed by atoms with Gasteiger partial charge in [0, 0.05) is 30.3 Å². The van der Waals surface area contributed by atoms with Crippen LogP contribution in [-0.2, 0) is 34.4 Å². The van der Waals surface area contributed by atoms with Gasteiger partial charge < -0.3 is 20.5 Å². The molecule has 42 heavy (non-hydrogen) atoms. The maximum atomic E-state index is 13.3. The largest absolute Gasteiger partial charge is 0.481 e. The molecule has 1 heterocycles. The number of alkyl halides is 3. The fourth-order valence-corrected chi connectivity index (χ4v) is 5.40. The van der Waals surface area contributed by atoms with E-state index in [0.717, 1.165) is 53.0 Å². The summed E-state index contributed by atoms with van der Waals surface area (Å²) in [5.41, 5.74) is 9.62. The van der Waals surface area contributed by atoms with Crippen LogP contribution in [0.4, 0.5) is 23.7 Å². The SMILES string of the molecule is CC(C)(C)OC(N)=O.O=C(O)CCSCc1ccc(-c2cccc(CN3CCCc4ccc(C(F)(F)F)cc43)c2)cc1. The number of rotatable bonds is 8. The topological polar surface area (TPSA) is 92.9 Å². The van der Waals surface area contributed by atoms with Gasteiger partial charge in [-0.05, 0) is 79.6 Å². The first-order valence-electron chi connectivity index (χ1n) is 13.6. The molecule has 0 fully saturated rings. The third kappa shape index (κ3) is 10.6. The molecule has 6 nitrogen and oxygen atoms in total. The lowest BCUT2D eigenvalue weighted by Crippen LogP contribution is -2.29. The minimum absolute atomic E-state index is 0.161. The summed E-state index contributed by atoms with van der Waals surface area (Å²) in [7, 11) is 0. The molecular formula is C32H37F3N2O4S. The number of anilines is 1. The number of nitrogens with zero attached hydrogens (tertiary/aromatic N) is 1. The summed E-state index contributed by atoms with van der Waals surface area (Å²) < 4.78 is 44.3. The van der Waals surface area contributed by atoms with Crippen molar-refractivity contribution >= 4 is 29.5 Å². The summed E-state index contributed by atoms with van der Waals surface area (Å²) in [4.78, 5) is 22.7. The lowest BCUT2D eigenvalue weighted by Gasteiger charge is -2.32. The molecule has 10 heteroatoms. The summed E-state index contributed by atoms with van der Waals surface area (Å²) in [6, 6.07) is 20.4. The molecule has 0 unspecified atom stereocenters. The molecule has 0 radical (unpaired) electrons. The molecule has 226 valence electrons. The number of hydrogen-bond donors (Lipinski definition) is 2. The maximum Gasteiger partial charge on any atom is 0.416 e. The van der Waals surface area contributed by atoms with Crippen LogP contribution in [0.15, 0.2) is 66.7 Å². The minimum Gasteiger partial charge on any atom is -0.481 e. The van der Waals surface area contributed by atoms with Crippen LogP contribution in [0.3, 0.4) is 0 Å². The molecule has 0 atom stereocenters. The van der Waals surface area contributed by atoms with Gasteiger partial charge in [-0.2, -0.15) is 24.9 Å². The number of amides is 1. The van der Waals surface area contributed by atoms with Gasteiger partial charge in [0.1, 0.15) is 5.60 Å². The van der Waals surface area contributed by atoms with Gasteiger partial charge in [0.25, 0.3) is 0 Å². The average Bonchev–Trinajstić information content (AvgIpc) is 2.90. The number of aliphatic carboxylic acids is 1. The molecule has 3 N–H and O–H groups in total. The van der Waals surface area contributed by atoms with Gasteiger partial charge in [-0.1, -0.05) is 48.5 Å². The van der Waals surface area contributed by atoms with Gasteiger partial charge in [0.15, 0.2) is 0 Å². The summed E-state index contributed by atoms with van der Waals surface area (Å²) >= 11 is 1.60. The molecular weight excluding hydrogens is 565 g/mol. The molecule has 0 bridgehead atoms. The summed E-state index contributed by atoms with van der Waals surface area (Å²) in [5, 5.41) is 8.73. The van der Waals surface area contributed by atoms with Crippen molar-refractivity contribution in [2.75, 3.05) is 17.2 Å². The maximum absolute atomic E-state index is 13.3. The Morgan fingerprint density at radius 3 is 2.29 bits per heavy atom. The van der Waals surface area contributed by atoms with Gasteiger partial charge >= 0.3 is 18.2 Å². The number of benzene rings is 3. The molecule has 3 aromatic carbocycles. The highest BCUT2D eigenvalue weighted by atomic mass is 32.2. The molecule has 0 aromatic heterocycles. The molecule has 1 amide bonds. The predicted molar refractivity (Wildman–Crippen MR) is 162 cm³/mol. The number of fused-ring (bicyclic) bond motifs is 1. The van der Waals surface area contributed by atoms with Crippen LogP contribution in [-0.4, -0.2) is 35.1 Å². The Morgan fingerprint density at radius 2 is 1.69 bits per heavy atom. The number of carbonyl (C=O) groups excluding carboxylic acids is 1. The number of carbonyl (C=O) groups is 2. The fraction of sp³-hybridized carbons (Fsp3) is 0.375. The van der Waals surface area contributed by atoms with Crippen LogP contribution in [0.5, 0.6) is 0 Å². The highest BCUT2D eigenvalue weighted by Gasteiger charge is 2.32. The van der Waals surface area contributed by atoms with E-state index < -0.39 is 29.4 Å². The monoisotopic (exact) mass is 602 g/mol. The number of aryl methyl sites for hydroxylation is 1. The zero-order chi connectivity index (χ0) is 30.9. The molecule has 0 saturated heterocycles. The highest BCUT2D eigenvalue weighted by molar-refractivity contribution is 7.98. The van der Waals surface area contributed by atoms with Crippen molar-refractivity contribution in [3.63, 3.8) is 0 Å². The van der Waals surface area contributed by atoms with Crippen LogP contribution in [0.2, 0.25) is 0 Å². The predicted octanol–water partition coefficient (Wildman–Crippen LogP) is 7.91. The van der Waals surface area contributed by atoms with E-state index in [2.05, 4.69) is 35.1 Å². The second kappa shape index (κ2) is 14.5. The van der Waals surface area contributed by atoms with E-state index >= 15 is 0 Å². The summed E-state index contributed by atoms with van der Waals surface area (Å²) in [5.74, 6) is 0.571. The summed E-state index contributed by atoms with van der Waals surface area (Å²) in [6.45, 7) is 6.57. The second-order valence-corrected chi connectivity index (χ2v) is 12.1. The van der Waals surface area contributed by atoms with Crippen LogP contribution in [0.25, 0.3) is 11.1 Å². The first-order valence-corrected chi connectivity index (χ1v) is 14.8. The zero-order valence-electron chi connectivity index (χ0n) is 24.0. The first kappa shape index (κ1) is 32.8. The van der Waals surface area contributed by atoms with E-state index in [4.69, 9.17) is 10.8 Å². The Hall–Kier alpha value is -3.66. The Labute approximate surface area is 249 Å². The van der Waals surface area contributed by atoms with E-state index in [1.165, 1.54) is 12.1 Å². The van der Waals surface area contributed by atoms with Crippen molar-refractivity contribution in [1.82, 2.24) is 0 Å². The number of hydrogen-bond acceptors (Lipinski definition) is 5. The molecule has 3 aromatic rings. The van der Waals surface area contributed by atoms with Crippen LogP contribution >= 0.6 is 11.8 Å². The van der Waals surface area contributed by atoms with Gasteiger partial charge in [-0.25, -0.2) is 4.79 Å². The second-order valence-electron chi connectivity index (χ2n) is 11.0. The molecule has 0 saturated carbocycles. The smallest absolute Gasteiger partial charge is 0.416 e. The van der Waals surface area contributed by atoms with Crippen molar-refractivity contribution in [2.24, 2.45) is 5.73 Å². The number of ether oxygens (including phenoxy) is 1. The van der Waals surface area contributed by atoms with Crippen molar-refractivity contribution < 1.29 is 32.6 Å². The molecule has 1 aliphatic heterocycles. The minimum atomic E-state index is -4.35. The van der Waals surface area contributed by atoms with Crippen molar-refractivity contribution in [1.29, 1.82) is 0 Å². The van der Waals surface area contributed by atoms with E-state index in [9.17, 15) is 22.8 Å². The average molecular weight is 603 g/mol. The Morgan fingerprint density at radius 1 is 0.976 bits per heavy atom. The Balaban J connectivity index is 0.000000531. The van der Waals surface area contributed by atoms with Gasteiger partial charge in [0.05, 0.1) is 12.0 Å². The normalized spacial score (nSPS) is 13.0. The van der Waals surface area contributed by atoms with E-state index in [0.29, 0.717) is 18.0 Å². The fourth-order valence-electron chi connectivity index (χ4n) is 4.51. The Bertz CT molecular complexity index is 1360. The quantitative estimate of drug-likeness (QED) is 0.255. The zero-order valence-corrected chi connectivity index (χ0v) is 24.9. The molecule has 4 rings (SSSR count). The third-order valence-electron chi connectivity index (χ3n) is 6.35. The van der Waals surface area contributed by atoms with Crippen LogP contribution in [0, 0.1) is 0 Å². The number of primary amides is 1. The van der Waals surface area contributed by atoms with Crippen molar-refractivity contribution in [3.8, 4) is 11.1 Å². The number of thioether (sulfide) groups is 1. The van der Waals surface area contributed by atoms with E-state index in [1.807, 2.05) is 23.1 Å². The van der Waals surface area contributed by atoms with Crippen molar-refractivity contribution in [2.45, 2.75) is 64.1 Å². The van der Waals surface area contributed by atoms with Crippen LogP contribution in [0.1, 0.15) is 55.9 Å². The number of nitrogens with two attached hydrogens (primary N) is 1. The lowest BCUT2D eigenvalue weighted by molar-refractivity contribution is -0.138. The highest BCUT2D eigenvalue weighted by Crippen LogP contribution is 2.36. The van der Waals surface area contributed by atoms with Gasteiger partial charge in [0.2, 0.25) is 0 Å². The number of carboxylic acids is 1. The molecule has 0 spiro atoms. The summed E-state index contributed by atoms with van der Waals surface area (Å²) in [6.07, 6.45) is -3.19. The number of carboxylic acid groups (broad SMARTS) is 1. The number of halogens is 3. The first-order chi connectivity index (χ1) is 19.7. The standard InChI is InChI=1S/C27H26F3NO2S.C5H11NO2/c28-27(29,30)24-11-10-22-5-2-13-31(25(22)16-24)17-20-3-1-4-23(15-20)21-8-6-19(7-9-21)18-34-14-12-26(32)33;1-5(2,3)8-4(6)7/h1,3-4,6-11,15-16H,2,5,12-14,17-18H2,(H,32,33);1-3H3,(H2,6,7). The van der Waals surface area contributed by atoms with E-state index in [-0.39, 0.29) is 6.42 Å². The molecule has 0 aliphatic carbocycles. The lowest BCUT2D eigenvalue weighted by atomic mass is 9.98. The Kier molecular flexibility index (Phi) is 11.3. The van der Waals surface area contributed by atoms with Crippen LogP contribution < -0.4 is 10.6 Å². The van der Waals surface area contributed by atoms with Gasteiger partial charge in [-0.3, -0.25) is 4.79 Å². The van der Waals surface area contributed by atoms with Crippen molar-refractivity contribution in [3.05, 3.63) is 89.0 Å². The van der Waals surface area contributed by atoms with Gasteiger partial charge in [-0.15, -0.1) is 0 Å². The third-order valence-corrected chi connectivity index (χ3v) is 7.38. The van der Waals surface area contributed by atoms with E-state index in [1.54, 1.807) is 38.6 Å². The molecule has 1 aliphatic rings.